The van der Waals surface area contributed by atoms with Gasteiger partial charge in [0.1, 0.15) is 12.0 Å². The van der Waals surface area contributed by atoms with Crippen molar-refractivity contribution < 1.29 is 9.15 Å². The maximum Gasteiger partial charge on any atom is 0.332 e. The van der Waals surface area contributed by atoms with E-state index in [-0.39, 0.29) is 11.7 Å². The molecule has 0 fully saturated rings. The summed E-state index contributed by atoms with van der Waals surface area (Å²) < 4.78 is 15.5. The second-order valence-corrected chi connectivity index (χ2v) is 7.81. The Morgan fingerprint density at radius 1 is 1.03 bits per heavy atom. The molecule has 0 amide bonds. The van der Waals surface area contributed by atoms with Crippen molar-refractivity contribution in [3.63, 3.8) is 0 Å². The van der Waals surface area contributed by atoms with Crippen LogP contribution in [0, 0.1) is 6.92 Å². The molecule has 0 bridgehead atoms. The van der Waals surface area contributed by atoms with Gasteiger partial charge < -0.3 is 9.15 Å². The van der Waals surface area contributed by atoms with Crippen molar-refractivity contribution in [3.05, 3.63) is 93.0 Å². The summed E-state index contributed by atoms with van der Waals surface area (Å²) in [6.45, 7) is 2.36. The number of nitrogens with zero attached hydrogens (tertiary/aromatic N) is 5. The number of imidazole rings is 1. The molecule has 0 radical (unpaired) electrons. The van der Waals surface area contributed by atoms with Crippen LogP contribution in [0.15, 0.2) is 75.0 Å². The minimum absolute atomic E-state index is 0.216. The van der Waals surface area contributed by atoms with Gasteiger partial charge in [0.15, 0.2) is 11.2 Å². The molecular weight excluding hydrogens is 422 g/mol. The molecule has 0 aliphatic rings. The summed E-state index contributed by atoms with van der Waals surface area (Å²) in [6, 6.07) is 15.4. The smallest absolute Gasteiger partial charge is 0.332 e. The number of aromatic nitrogens is 5. The highest BCUT2D eigenvalue weighted by Crippen LogP contribution is 2.27. The van der Waals surface area contributed by atoms with E-state index >= 15 is 0 Å². The third-order valence-electron chi connectivity index (χ3n) is 5.48. The van der Waals surface area contributed by atoms with Crippen molar-refractivity contribution in [2.24, 2.45) is 14.1 Å². The van der Waals surface area contributed by atoms with E-state index in [0.29, 0.717) is 23.7 Å². The van der Waals surface area contributed by atoms with Crippen LogP contribution >= 0.6 is 0 Å². The minimum Gasteiger partial charge on any atom is -0.445 e. The van der Waals surface area contributed by atoms with Gasteiger partial charge in [-0.05, 0) is 36.8 Å². The predicted molar refractivity (Wildman–Crippen MR) is 123 cm³/mol. The van der Waals surface area contributed by atoms with Gasteiger partial charge >= 0.3 is 11.7 Å². The monoisotopic (exact) mass is 443 g/mol. The van der Waals surface area contributed by atoms with Crippen molar-refractivity contribution >= 4 is 11.2 Å². The van der Waals surface area contributed by atoms with Gasteiger partial charge in [-0.2, -0.15) is 4.98 Å². The topological polar surface area (TPSA) is 97.1 Å². The fourth-order valence-electron chi connectivity index (χ4n) is 3.78. The molecule has 0 saturated heterocycles. The largest absolute Gasteiger partial charge is 0.445 e. The van der Waals surface area contributed by atoms with E-state index in [0.717, 1.165) is 21.3 Å². The zero-order chi connectivity index (χ0) is 23.1. The highest BCUT2D eigenvalue weighted by molar-refractivity contribution is 5.72. The Balaban J connectivity index is 1.63. The molecule has 0 atom stereocenters. The maximum absolute atomic E-state index is 13.0. The summed E-state index contributed by atoms with van der Waals surface area (Å²) in [7, 11) is 3.04. The molecule has 5 rings (SSSR count). The van der Waals surface area contributed by atoms with Gasteiger partial charge in [0, 0.05) is 19.7 Å². The number of ether oxygens (including phenoxy) is 1. The summed E-state index contributed by atoms with van der Waals surface area (Å²) in [6.07, 6.45) is 3.09. The van der Waals surface area contributed by atoms with Crippen LogP contribution in [0.1, 0.15) is 11.1 Å². The van der Waals surface area contributed by atoms with E-state index in [4.69, 9.17) is 9.15 Å². The molecule has 0 saturated carbocycles. The number of aryl methyl sites for hydroxylation is 2. The van der Waals surface area contributed by atoms with Crippen molar-refractivity contribution in [2.75, 3.05) is 0 Å². The molecule has 0 unspecified atom stereocenters. The number of hydrogen-bond donors (Lipinski definition) is 0. The van der Waals surface area contributed by atoms with E-state index in [1.165, 1.54) is 17.9 Å². The molecule has 0 aliphatic carbocycles. The second-order valence-electron chi connectivity index (χ2n) is 7.81. The van der Waals surface area contributed by atoms with Crippen molar-refractivity contribution in [2.45, 2.75) is 13.5 Å². The molecule has 5 aromatic rings. The Kier molecular flexibility index (Phi) is 4.93. The number of benzene rings is 2. The molecule has 0 spiro atoms. The Bertz CT molecular complexity index is 1570. The van der Waals surface area contributed by atoms with Crippen molar-refractivity contribution in [1.29, 1.82) is 0 Å². The Labute approximate surface area is 188 Å². The molecule has 9 heteroatoms. The van der Waals surface area contributed by atoms with Crippen LogP contribution in [0.5, 0.6) is 11.8 Å². The lowest BCUT2D eigenvalue weighted by Gasteiger charge is -2.11. The average Bonchev–Trinajstić information content (AvgIpc) is 3.46. The molecular formula is C24H21N5O4. The van der Waals surface area contributed by atoms with E-state index in [9.17, 15) is 9.59 Å². The molecule has 0 aliphatic heterocycles. The van der Waals surface area contributed by atoms with Crippen LogP contribution in [0.25, 0.3) is 22.6 Å². The summed E-state index contributed by atoms with van der Waals surface area (Å²) in [4.78, 5) is 34.2. The van der Waals surface area contributed by atoms with Crippen molar-refractivity contribution in [1.82, 2.24) is 23.7 Å². The summed E-state index contributed by atoms with van der Waals surface area (Å²) in [5, 5.41) is 0. The number of oxazole rings is 1. The number of fused-ring (bicyclic) bond motifs is 1. The normalized spacial score (nSPS) is 11.2. The Hall–Kier alpha value is -4.40. The van der Waals surface area contributed by atoms with Crippen LogP contribution in [0.3, 0.4) is 0 Å². The highest BCUT2D eigenvalue weighted by atomic mass is 16.5. The van der Waals surface area contributed by atoms with Crippen LogP contribution < -0.4 is 16.0 Å². The lowest BCUT2D eigenvalue weighted by atomic mass is 10.1. The standard InChI is InChI=1S/C24H21N5O4/c1-15-5-4-6-16(13-15)14-29-19-20(27(2)24(31)28(3)22(19)30)26-23(29)33-18-9-7-17(8-10-18)21-25-11-12-32-21/h4-13H,14H2,1-3H3. The second kappa shape index (κ2) is 7.94. The van der Waals surface area contributed by atoms with Gasteiger partial charge in [-0.15, -0.1) is 0 Å². The third-order valence-corrected chi connectivity index (χ3v) is 5.48. The van der Waals surface area contributed by atoms with Gasteiger partial charge in [-0.25, -0.2) is 9.78 Å². The van der Waals surface area contributed by atoms with Gasteiger partial charge in [-0.1, -0.05) is 29.8 Å². The lowest BCUT2D eigenvalue weighted by molar-refractivity contribution is 0.421. The fraction of sp³-hybridized carbons (Fsp3) is 0.167. The zero-order valence-electron chi connectivity index (χ0n) is 18.3. The maximum atomic E-state index is 13.0. The van der Waals surface area contributed by atoms with E-state index in [1.54, 1.807) is 29.9 Å². The highest BCUT2D eigenvalue weighted by Gasteiger charge is 2.21. The summed E-state index contributed by atoms with van der Waals surface area (Å²) in [5.41, 5.74) is 2.57. The minimum atomic E-state index is -0.449. The molecule has 0 N–H and O–H groups in total. The van der Waals surface area contributed by atoms with Crippen LogP contribution in [0.2, 0.25) is 0 Å². The molecule has 2 aromatic carbocycles. The number of hydrogen-bond acceptors (Lipinski definition) is 6. The van der Waals surface area contributed by atoms with Gasteiger partial charge in [0.25, 0.3) is 5.56 Å². The van der Waals surface area contributed by atoms with E-state index in [2.05, 4.69) is 9.97 Å². The Morgan fingerprint density at radius 3 is 2.52 bits per heavy atom. The van der Waals surface area contributed by atoms with E-state index < -0.39 is 11.2 Å². The summed E-state index contributed by atoms with van der Waals surface area (Å²) in [5.74, 6) is 1.03. The SMILES string of the molecule is Cc1cccc(Cn2c(Oc3ccc(-c4ncco4)cc3)nc3c2c(=O)n(C)c(=O)n3C)c1. The van der Waals surface area contributed by atoms with Gasteiger partial charge in [0.05, 0.1) is 12.7 Å². The lowest BCUT2D eigenvalue weighted by Crippen LogP contribution is -2.37. The van der Waals surface area contributed by atoms with Crippen molar-refractivity contribution in [3.8, 4) is 23.2 Å². The molecule has 3 aromatic heterocycles. The van der Waals surface area contributed by atoms with Gasteiger partial charge in [0.2, 0.25) is 5.89 Å². The number of rotatable bonds is 5. The summed E-state index contributed by atoms with van der Waals surface area (Å²) >= 11 is 0. The molecule has 3 heterocycles. The van der Waals surface area contributed by atoms with E-state index in [1.807, 2.05) is 43.3 Å². The zero-order valence-corrected chi connectivity index (χ0v) is 18.3. The quantitative estimate of drug-likeness (QED) is 0.414. The Morgan fingerprint density at radius 2 is 1.82 bits per heavy atom. The van der Waals surface area contributed by atoms with Crippen LogP contribution in [-0.4, -0.2) is 23.7 Å². The fourth-order valence-corrected chi connectivity index (χ4v) is 3.78. The van der Waals surface area contributed by atoms with Crippen LogP contribution in [0.4, 0.5) is 0 Å². The predicted octanol–water partition coefficient (Wildman–Crippen LogP) is 3.24. The first-order valence-electron chi connectivity index (χ1n) is 10.3. The first kappa shape index (κ1) is 20.5. The molecule has 166 valence electrons. The molecule has 33 heavy (non-hydrogen) atoms. The first-order valence-corrected chi connectivity index (χ1v) is 10.3. The molecule has 9 nitrogen and oxygen atoms in total. The first-order chi connectivity index (χ1) is 15.9. The average molecular weight is 443 g/mol. The van der Waals surface area contributed by atoms with Gasteiger partial charge in [-0.3, -0.25) is 18.5 Å². The van der Waals surface area contributed by atoms with Crippen LogP contribution in [-0.2, 0) is 20.6 Å². The third kappa shape index (κ3) is 3.63.